The summed E-state index contributed by atoms with van der Waals surface area (Å²) in [5, 5.41) is 0. The van der Waals surface area contributed by atoms with Crippen LogP contribution < -0.4 is 5.69 Å². The average molecular weight is 249 g/mol. The summed E-state index contributed by atoms with van der Waals surface area (Å²) in [6.45, 7) is 5.30. The number of H-pyrrole nitrogens is 1. The quantitative estimate of drug-likeness (QED) is 0.848. The maximum Gasteiger partial charge on any atom is 0.345 e. The lowest BCUT2D eigenvalue weighted by molar-refractivity contribution is -0.131. The Morgan fingerprint density at radius 2 is 1.94 bits per heavy atom. The molecular formula is C13H19N3O2. The zero-order valence-electron chi connectivity index (χ0n) is 11.0. The van der Waals surface area contributed by atoms with Gasteiger partial charge in [-0.15, -0.1) is 0 Å². The Kier molecular flexibility index (Phi) is 3.79. The van der Waals surface area contributed by atoms with Crippen LogP contribution in [0.1, 0.15) is 36.2 Å². The molecule has 1 aromatic heterocycles. The van der Waals surface area contributed by atoms with Gasteiger partial charge in [0.15, 0.2) is 0 Å². The van der Waals surface area contributed by atoms with E-state index in [1.807, 2.05) is 11.8 Å². The highest BCUT2D eigenvalue weighted by atomic mass is 16.2. The van der Waals surface area contributed by atoms with Gasteiger partial charge >= 0.3 is 5.69 Å². The Bertz CT molecular complexity index is 475. The molecule has 2 rings (SSSR count). The molecular weight excluding hydrogens is 230 g/mol. The standard InChI is InChI=1S/C13H19N3O2/c1-9-11(10(2)15-13(18)14-9)8-12(17)16-6-4-3-5-7-16/h3-8H2,1-2H3,(H,14,15,18). The monoisotopic (exact) mass is 249 g/mol. The second-order valence-electron chi connectivity index (χ2n) is 4.85. The molecule has 1 saturated heterocycles. The van der Waals surface area contributed by atoms with Gasteiger partial charge < -0.3 is 9.88 Å². The summed E-state index contributed by atoms with van der Waals surface area (Å²) in [6, 6.07) is 0. The van der Waals surface area contributed by atoms with Crippen LogP contribution in [0.3, 0.4) is 0 Å². The lowest BCUT2D eigenvalue weighted by Crippen LogP contribution is -2.37. The zero-order chi connectivity index (χ0) is 13.1. The molecule has 0 saturated carbocycles. The van der Waals surface area contributed by atoms with Gasteiger partial charge in [-0.3, -0.25) is 4.79 Å². The molecule has 0 atom stereocenters. The van der Waals surface area contributed by atoms with Gasteiger partial charge in [0.1, 0.15) is 0 Å². The van der Waals surface area contributed by atoms with Gasteiger partial charge in [0, 0.05) is 30.0 Å². The number of likely N-dealkylation sites (tertiary alicyclic amines) is 1. The van der Waals surface area contributed by atoms with Crippen molar-refractivity contribution in [2.75, 3.05) is 13.1 Å². The fourth-order valence-electron chi connectivity index (χ4n) is 2.42. The van der Waals surface area contributed by atoms with E-state index in [-0.39, 0.29) is 11.6 Å². The van der Waals surface area contributed by atoms with E-state index in [0.29, 0.717) is 12.1 Å². The van der Waals surface area contributed by atoms with Crippen molar-refractivity contribution in [1.82, 2.24) is 14.9 Å². The molecule has 0 bridgehead atoms. The molecule has 5 heteroatoms. The number of hydrogen-bond donors (Lipinski definition) is 1. The van der Waals surface area contributed by atoms with Crippen molar-refractivity contribution in [3.05, 3.63) is 27.4 Å². The average Bonchev–Trinajstić information content (AvgIpc) is 2.34. The molecule has 18 heavy (non-hydrogen) atoms. The van der Waals surface area contributed by atoms with Gasteiger partial charge in [-0.25, -0.2) is 4.79 Å². The van der Waals surface area contributed by atoms with Gasteiger partial charge in [-0.2, -0.15) is 4.98 Å². The number of amides is 1. The summed E-state index contributed by atoms with van der Waals surface area (Å²) in [7, 11) is 0. The molecule has 1 N–H and O–H groups in total. The predicted molar refractivity (Wildman–Crippen MR) is 68.5 cm³/mol. The second kappa shape index (κ2) is 5.33. The Balaban J connectivity index is 2.13. The molecule has 5 nitrogen and oxygen atoms in total. The maximum atomic E-state index is 12.2. The van der Waals surface area contributed by atoms with Gasteiger partial charge in [-0.1, -0.05) is 0 Å². The molecule has 1 amide bonds. The minimum atomic E-state index is -0.348. The minimum absolute atomic E-state index is 0.134. The first-order valence-electron chi connectivity index (χ1n) is 6.42. The molecule has 1 fully saturated rings. The van der Waals surface area contributed by atoms with Gasteiger partial charge in [0.05, 0.1) is 6.42 Å². The first-order valence-corrected chi connectivity index (χ1v) is 6.42. The minimum Gasteiger partial charge on any atom is -0.342 e. The molecule has 0 radical (unpaired) electrons. The van der Waals surface area contributed by atoms with E-state index in [9.17, 15) is 9.59 Å². The topological polar surface area (TPSA) is 66.1 Å². The number of nitrogens with one attached hydrogen (secondary N) is 1. The first kappa shape index (κ1) is 12.8. The van der Waals surface area contributed by atoms with E-state index >= 15 is 0 Å². The maximum absolute atomic E-state index is 12.2. The number of hydrogen-bond acceptors (Lipinski definition) is 3. The predicted octanol–water partition coefficient (Wildman–Crippen LogP) is 0.942. The Morgan fingerprint density at radius 3 is 2.56 bits per heavy atom. The molecule has 98 valence electrons. The highest BCUT2D eigenvalue weighted by molar-refractivity contribution is 5.79. The van der Waals surface area contributed by atoms with Gasteiger partial charge in [-0.05, 0) is 33.1 Å². The molecule has 0 aliphatic carbocycles. The highest BCUT2D eigenvalue weighted by Gasteiger charge is 2.18. The number of aromatic nitrogens is 2. The highest BCUT2D eigenvalue weighted by Crippen LogP contribution is 2.13. The van der Waals surface area contributed by atoms with Crippen LogP contribution in [0, 0.1) is 13.8 Å². The first-order chi connectivity index (χ1) is 8.58. The van der Waals surface area contributed by atoms with Gasteiger partial charge in [0.25, 0.3) is 0 Å². The third-order valence-corrected chi connectivity index (χ3v) is 3.49. The normalized spacial score (nSPS) is 15.8. The molecule has 0 aromatic carbocycles. The van der Waals surface area contributed by atoms with Crippen LogP contribution in [0.4, 0.5) is 0 Å². The SMILES string of the molecule is Cc1nc(=O)[nH]c(C)c1CC(=O)N1CCCCC1. The number of aromatic amines is 1. The van der Waals surface area contributed by atoms with E-state index in [2.05, 4.69) is 9.97 Å². The lowest BCUT2D eigenvalue weighted by Gasteiger charge is -2.27. The van der Waals surface area contributed by atoms with E-state index < -0.39 is 0 Å². The second-order valence-corrected chi connectivity index (χ2v) is 4.85. The summed E-state index contributed by atoms with van der Waals surface area (Å²) in [6.07, 6.45) is 3.73. The lowest BCUT2D eigenvalue weighted by atomic mass is 10.1. The zero-order valence-corrected chi connectivity index (χ0v) is 11.0. The van der Waals surface area contributed by atoms with Crippen molar-refractivity contribution >= 4 is 5.91 Å². The number of carbonyl (C=O) groups excluding carboxylic acids is 1. The number of nitrogens with zero attached hydrogens (tertiary/aromatic N) is 2. The van der Waals surface area contributed by atoms with Crippen LogP contribution in [0.2, 0.25) is 0 Å². The third-order valence-electron chi connectivity index (χ3n) is 3.49. The molecule has 0 unspecified atom stereocenters. The van der Waals surface area contributed by atoms with Crippen LogP contribution in [0.25, 0.3) is 0 Å². The molecule has 2 heterocycles. The van der Waals surface area contributed by atoms with E-state index in [1.54, 1.807) is 6.92 Å². The van der Waals surface area contributed by atoms with Crippen LogP contribution in [0.5, 0.6) is 0 Å². The smallest absolute Gasteiger partial charge is 0.342 e. The Hall–Kier alpha value is -1.65. The van der Waals surface area contributed by atoms with Crippen LogP contribution >= 0.6 is 0 Å². The van der Waals surface area contributed by atoms with Crippen molar-refractivity contribution in [3.63, 3.8) is 0 Å². The number of piperidine rings is 1. The van der Waals surface area contributed by atoms with Gasteiger partial charge in [0.2, 0.25) is 5.91 Å². The van der Waals surface area contributed by atoms with Crippen molar-refractivity contribution < 1.29 is 4.79 Å². The van der Waals surface area contributed by atoms with Crippen LogP contribution in [0.15, 0.2) is 4.79 Å². The Labute approximate surface area is 106 Å². The van der Waals surface area contributed by atoms with Crippen molar-refractivity contribution in [3.8, 4) is 0 Å². The van der Waals surface area contributed by atoms with E-state index in [0.717, 1.165) is 37.2 Å². The van der Waals surface area contributed by atoms with E-state index in [4.69, 9.17) is 0 Å². The van der Waals surface area contributed by atoms with Crippen molar-refractivity contribution in [2.45, 2.75) is 39.5 Å². The van der Waals surface area contributed by atoms with Crippen molar-refractivity contribution in [1.29, 1.82) is 0 Å². The summed E-state index contributed by atoms with van der Waals surface area (Å²) in [5.74, 6) is 0.134. The summed E-state index contributed by atoms with van der Waals surface area (Å²) >= 11 is 0. The van der Waals surface area contributed by atoms with Crippen LogP contribution in [-0.4, -0.2) is 33.9 Å². The number of rotatable bonds is 2. The molecule has 1 aliphatic heterocycles. The fourth-order valence-corrected chi connectivity index (χ4v) is 2.42. The summed E-state index contributed by atoms with van der Waals surface area (Å²) in [4.78, 5) is 31.8. The number of aryl methyl sites for hydroxylation is 2. The molecule has 0 spiro atoms. The van der Waals surface area contributed by atoms with Crippen molar-refractivity contribution in [2.24, 2.45) is 0 Å². The summed E-state index contributed by atoms with van der Waals surface area (Å²) in [5.41, 5.74) is 1.91. The summed E-state index contributed by atoms with van der Waals surface area (Å²) < 4.78 is 0. The molecule has 1 aliphatic rings. The number of carbonyl (C=O) groups is 1. The fraction of sp³-hybridized carbons (Fsp3) is 0.615. The van der Waals surface area contributed by atoms with E-state index in [1.165, 1.54) is 6.42 Å². The Morgan fingerprint density at radius 1 is 1.28 bits per heavy atom. The third kappa shape index (κ3) is 2.78. The largest absolute Gasteiger partial charge is 0.345 e. The molecule has 1 aromatic rings. The van der Waals surface area contributed by atoms with Crippen LogP contribution in [-0.2, 0) is 11.2 Å².